The van der Waals surface area contributed by atoms with Crippen molar-refractivity contribution in [2.75, 3.05) is 18.0 Å². The fraction of sp³-hybridized carbons (Fsp3) is 0.682. The molecule has 3 nitrogen and oxygen atoms in total. The van der Waals surface area contributed by atoms with Crippen LogP contribution in [-0.4, -0.2) is 25.0 Å². The van der Waals surface area contributed by atoms with Gasteiger partial charge >= 0.3 is 0 Å². The third-order valence-electron chi connectivity index (χ3n) is 7.45. The van der Waals surface area contributed by atoms with E-state index in [9.17, 15) is 9.18 Å². The second-order valence-corrected chi connectivity index (χ2v) is 9.44. The Labute approximate surface area is 155 Å². The number of halogens is 1. The van der Waals surface area contributed by atoms with Gasteiger partial charge in [-0.3, -0.25) is 4.79 Å². The summed E-state index contributed by atoms with van der Waals surface area (Å²) in [6.45, 7) is 1.73. The Bertz CT molecular complexity index is 668. The molecule has 4 bridgehead atoms. The van der Waals surface area contributed by atoms with Gasteiger partial charge in [0.25, 0.3) is 0 Å². The van der Waals surface area contributed by atoms with Gasteiger partial charge in [-0.2, -0.15) is 0 Å². The largest absolute Gasteiger partial charge is 0.369 e. The highest BCUT2D eigenvalue weighted by Crippen LogP contribution is 2.60. The molecule has 6 rings (SSSR count). The van der Waals surface area contributed by atoms with Crippen LogP contribution in [0, 0.1) is 29.0 Å². The van der Waals surface area contributed by atoms with Crippen molar-refractivity contribution < 1.29 is 9.18 Å². The molecule has 1 aromatic carbocycles. The van der Waals surface area contributed by atoms with Crippen molar-refractivity contribution in [2.24, 2.45) is 23.2 Å². The standard InChI is InChI=1S/C22H29FN2O/c23-18-3-1-5-20(10-18)25-6-2-4-19(14-25)24-21(26)22-11-15-7-16(12-22)9-17(8-15)13-22/h1,3,5,10,15-17,19H,2,4,6-9,11-14H2,(H,24,26). The van der Waals surface area contributed by atoms with E-state index in [1.54, 1.807) is 12.1 Å². The molecule has 26 heavy (non-hydrogen) atoms. The molecule has 5 aliphatic rings. The van der Waals surface area contributed by atoms with Crippen molar-refractivity contribution >= 4 is 11.6 Å². The third-order valence-corrected chi connectivity index (χ3v) is 7.45. The summed E-state index contributed by atoms with van der Waals surface area (Å²) in [5, 5.41) is 3.42. The number of benzene rings is 1. The SMILES string of the molecule is O=C(NC1CCCN(c2cccc(F)c2)C1)C12CC3CC(CC(C3)C1)C2. The van der Waals surface area contributed by atoms with Crippen molar-refractivity contribution in [1.82, 2.24) is 5.32 Å². The number of anilines is 1. The summed E-state index contributed by atoms with van der Waals surface area (Å²) in [5.41, 5.74) is 0.856. The lowest BCUT2D eigenvalue weighted by molar-refractivity contribution is -0.147. The minimum atomic E-state index is -0.192. The lowest BCUT2D eigenvalue weighted by Crippen LogP contribution is -2.57. The molecule has 0 radical (unpaired) electrons. The van der Waals surface area contributed by atoms with Crippen LogP contribution in [0.5, 0.6) is 0 Å². The number of rotatable bonds is 3. The normalized spacial score (nSPS) is 38.4. The van der Waals surface area contributed by atoms with Gasteiger partial charge in [0.1, 0.15) is 5.82 Å². The van der Waals surface area contributed by atoms with Crippen LogP contribution in [0.3, 0.4) is 0 Å². The molecule has 140 valence electrons. The molecule has 4 saturated carbocycles. The van der Waals surface area contributed by atoms with E-state index >= 15 is 0 Å². The number of carbonyl (C=O) groups is 1. The molecule has 5 fully saturated rings. The minimum absolute atomic E-state index is 0.0735. The number of hydrogen-bond donors (Lipinski definition) is 1. The van der Waals surface area contributed by atoms with E-state index in [1.807, 2.05) is 6.07 Å². The summed E-state index contributed by atoms with van der Waals surface area (Å²) in [7, 11) is 0. The Hall–Kier alpha value is -1.58. The van der Waals surface area contributed by atoms with Gasteiger partial charge in [0.05, 0.1) is 0 Å². The maximum absolute atomic E-state index is 13.6. The average molecular weight is 356 g/mol. The van der Waals surface area contributed by atoms with Crippen LogP contribution in [0.15, 0.2) is 24.3 Å². The molecular formula is C22H29FN2O. The number of piperidine rings is 1. The fourth-order valence-corrected chi connectivity index (χ4v) is 6.73. The molecule has 1 atom stereocenters. The molecule has 4 aliphatic carbocycles. The molecule has 1 aliphatic heterocycles. The van der Waals surface area contributed by atoms with Crippen LogP contribution in [0.2, 0.25) is 0 Å². The minimum Gasteiger partial charge on any atom is -0.369 e. The molecule has 4 heteroatoms. The molecule has 1 amide bonds. The lowest BCUT2D eigenvalue weighted by Gasteiger charge is -2.56. The predicted molar refractivity (Wildman–Crippen MR) is 100 cm³/mol. The maximum Gasteiger partial charge on any atom is 0.226 e. The van der Waals surface area contributed by atoms with E-state index in [-0.39, 0.29) is 17.3 Å². The Balaban J connectivity index is 1.27. The van der Waals surface area contributed by atoms with Crippen molar-refractivity contribution in [1.29, 1.82) is 0 Å². The number of hydrogen-bond acceptors (Lipinski definition) is 2. The van der Waals surface area contributed by atoms with Gasteiger partial charge in [-0.15, -0.1) is 0 Å². The van der Waals surface area contributed by atoms with Crippen molar-refractivity contribution in [3.05, 3.63) is 30.1 Å². The first-order valence-electron chi connectivity index (χ1n) is 10.4. The van der Waals surface area contributed by atoms with Crippen molar-refractivity contribution in [2.45, 2.75) is 57.4 Å². The molecule has 1 saturated heterocycles. The van der Waals surface area contributed by atoms with Gasteiger partial charge in [-0.05, 0) is 87.3 Å². The van der Waals surface area contributed by atoms with Crippen molar-refractivity contribution in [3.8, 4) is 0 Å². The van der Waals surface area contributed by atoms with E-state index in [0.717, 1.165) is 68.6 Å². The highest BCUT2D eigenvalue weighted by molar-refractivity contribution is 5.83. The van der Waals surface area contributed by atoms with Crippen LogP contribution < -0.4 is 10.2 Å². The first kappa shape index (κ1) is 16.6. The van der Waals surface area contributed by atoms with E-state index in [4.69, 9.17) is 0 Å². The van der Waals surface area contributed by atoms with Crippen molar-refractivity contribution in [3.63, 3.8) is 0 Å². The highest BCUT2D eigenvalue weighted by atomic mass is 19.1. The molecule has 1 N–H and O–H groups in total. The first-order chi connectivity index (χ1) is 12.6. The zero-order valence-corrected chi connectivity index (χ0v) is 15.4. The number of nitrogens with zero attached hydrogens (tertiary/aromatic N) is 1. The summed E-state index contributed by atoms with van der Waals surface area (Å²) >= 11 is 0. The molecular weight excluding hydrogens is 327 g/mol. The van der Waals surface area contributed by atoms with E-state index in [2.05, 4.69) is 10.2 Å². The van der Waals surface area contributed by atoms with Crippen LogP contribution in [0.25, 0.3) is 0 Å². The van der Waals surface area contributed by atoms with E-state index in [0.29, 0.717) is 5.91 Å². The molecule has 0 aromatic heterocycles. The quantitative estimate of drug-likeness (QED) is 0.883. The summed E-state index contributed by atoms with van der Waals surface area (Å²) in [6, 6.07) is 7.00. The van der Waals surface area contributed by atoms with Gasteiger partial charge in [0, 0.05) is 30.2 Å². The number of nitrogens with one attached hydrogen (secondary N) is 1. The summed E-state index contributed by atoms with van der Waals surface area (Å²) < 4.78 is 13.6. The number of carbonyl (C=O) groups excluding carboxylic acids is 1. The predicted octanol–water partition coefficient (Wildman–Crippen LogP) is 4.13. The van der Waals surface area contributed by atoms with Gasteiger partial charge in [0.15, 0.2) is 0 Å². The lowest BCUT2D eigenvalue weighted by atomic mass is 9.49. The Morgan fingerprint density at radius 1 is 1.12 bits per heavy atom. The molecule has 0 spiro atoms. The van der Waals surface area contributed by atoms with Gasteiger partial charge < -0.3 is 10.2 Å². The second kappa shape index (κ2) is 6.24. The number of amides is 1. The maximum atomic E-state index is 13.6. The van der Waals surface area contributed by atoms with Crippen LogP contribution in [0.1, 0.15) is 51.4 Å². The molecule has 1 aromatic rings. The highest BCUT2D eigenvalue weighted by Gasteiger charge is 2.54. The van der Waals surface area contributed by atoms with E-state index in [1.165, 1.54) is 25.3 Å². The summed E-state index contributed by atoms with van der Waals surface area (Å²) in [4.78, 5) is 15.5. The zero-order valence-electron chi connectivity index (χ0n) is 15.4. The topological polar surface area (TPSA) is 32.3 Å². The van der Waals surface area contributed by atoms with Gasteiger partial charge in [-0.1, -0.05) is 6.07 Å². The monoisotopic (exact) mass is 356 g/mol. The van der Waals surface area contributed by atoms with Gasteiger partial charge in [0.2, 0.25) is 5.91 Å². The molecule has 1 unspecified atom stereocenters. The molecule has 1 heterocycles. The van der Waals surface area contributed by atoms with Crippen LogP contribution in [-0.2, 0) is 4.79 Å². The van der Waals surface area contributed by atoms with Gasteiger partial charge in [-0.25, -0.2) is 4.39 Å². The zero-order chi connectivity index (χ0) is 17.7. The Morgan fingerprint density at radius 3 is 2.46 bits per heavy atom. The Morgan fingerprint density at radius 2 is 1.81 bits per heavy atom. The second-order valence-electron chi connectivity index (χ2n) is 9.44. The average Bonchev–Trinajstić information content (AvgIpc) is 2.61. The fourth-order valence-electron chi connectivity index (χ4n) is 6.73. The Kier molecular flexibility index (Phi) is 3.98. The first-order valence-corrected chi connectivity index (χ1v) is 10.4. The van der Waals surface area contributed by atoms with E-state index < -0.39 is 0 Å². The summed E-state index contributed by atoms with van der Waals surface area (Å²) in [5.74, 6) is 2.51. The van der Waals surface area contributed by atoms with Crippen LogP contribution >= 0.6 is 0 Å². The smallest absolute Gasteiger partial charge is 0.226 e. The van der Waals surface area contributed by atoms with Crippen LogP contribution in [0.4, 0.5) is 10.1 Å². The third kappa shape index (κ3) is 2.91. The summed E-state index contributed by atoms with van der Waals surface area (Å²) in [6.07, 6.45) is 9.52.